The van der Waals surface area contributed by atoms with Crippen LogP contribution in [0.1, 0.15) is 22.3 Å². The molecule has 2 N–H and O–H groups in total. The van der Waals surface area contributed by atoms with Gasteiger partial charge in [0.05, 0.1) is 6.54 Å². The molecule has 3 rings (SSSR count). The second-order valence-corrected chi connectivity index (χ2v) is 6.17. The number of ether oxygens (including phenoxy) is 2. The number of urea groups is 1. The van der Waals surface area contributed by atoms with Crippen molar-refractivity contribution >= 4 is 11.8 Å². The van der Waals surface area contributed by atoms with Crippen LogP contribution in [0.25, 0.3) is 0 Å². The van der Waals surface area contributed by atoms with Gasteiger partial charge in [0.15, 0.2) is 23.4 Å². The molecule has 1 atom stereocenters. The van der Waals surface area contributed by atoms with Crippen LogP contribution in [-0.4, -0.2) is 37.6 Å². The summed E-state index contributed by atoms with van der Waals surface area (Å²) < 4.78 is 11.4. The van der Waals surface area contributed by atoms with Gasteiger partial charge in [0, 0.05) is 18.5 Å². The van der Waals surface area contributed by atoms with Crippen molar-refractivity contribution in [1.29, 1.82) is 0 Å². The normalized spacial score (nSPS) is 15.2. The van der Waals surface area contributed by atoms with Crippen LogP contribution < -0.4 is 20.1 Å². The van der Waals surface area contributed by atoms with Crippen molar-refractivity contribution < 1.29 is 19.1 Å². The first-order chi connectivity index (χ1) is 12.6. The number of ketones is 1. The number of nitrogens with one attached hydrogen (secondary N) is 2. The first-order valence-electron chi connectivity index (χ1n) is 8.62. The van der Waals surface area contributed by atoms with Gasteiger partial charge in [-0.2, -0.15) is 0 Å². The van der Waals surface area contributed by atoms with E-state index in [-0.39, 0.29) is 30.9 Å². The number of carbonyl (C=O) groups is 2. The van der Waals surface area contributed by atoms with E-state index in [0.717, 1.165) is 5.56 Å². The highest BCUT2D eigenvalue weighted by molar-refractivity contribution is 5.96. The topological polar surface area (TPSA) is 76.7 Å². The molecule has 26 heavy (non-hydrogen) atoms. The molecule has 1 aliphatic rings. The van der Waals surface area contributed by atoms with Crippen LogP contribution >= 0.6 is 0 Å². The van der Waals surface area contributed by atoms with Crippen LogP contribution in [-0.2, 0) is 0 Å². The minimum atomic E-state index is -0.329. The Kier molecular flexibility index (Phi) is 5.73. The third-order valence-corrected chi connectivity index (χ3v) is 4.07. The van der Waals surface area contributed by atoms with Crippen LogP contribution in [0, 0.1) is 6.92 Å². The lowest BCUT2D eigenvalue weighted by Gasteiger charge is -2.26. The third-order valence-electron chi connectivity index (χ3n) is 4.07. The second-order valence-electron chi connectivity index (χ2n) is 6.17. The quantitative estimate of drug-likeness (QED) is 0.782. The predicted molar refractivity (Wildman–Crippen MR) is 97.9 cm³/mol. The fourth-order valence-electron chi connectivity index (χ4n) is 2.61. The summed E-state index contributed by atoms with van der Waals surface area (Å²) in [7, 11) is 0. The van der Waals surface area contributed by atoms with Crippen molar-refractivity contribution in [1.82, 2.24) is 10.6 Å². The lowest BCUT2D eigenvalue weighted by atomic mass is 10.1. The predicted octanol–water partition coefficient (Wildman–Crippen LogP) is 2.71. The molecular weight excluding hydrogens is 332 g/mol. The monoisotopic (exact) mass is 354 g/mol. The summed E-state index contributed by atoms with van der Waals surface area (Å²) in [6, 6.07) is 14.5. The Labute approximate surface area is 152 Å². The zero-order chi connectivity index (χ0) is 18.4. The molecule has 2 amide bonds. The molecule has 0 spiro atoms. The first kappa shape index (κ1) is 17.8. The number of hydrogen-bond donors (Lipinski definition) is 2. The van der Waals surface area contributed by atoms with Crippen molar-refractivity contribution in [2.24, 2.45) is 0 Å². The minimum absolute atomic E-state index is 0.00548. The number of hydrogen-bond acceptors (Lipinski definition) is 4. The average molecular weight is 354 g/mol. The Balaban J connectivity index is 1.36. The highest BCUT2D eigenvalue weighted by atomic mass is 16.6. The lowest BCUT2D eigenvalue weighted by Crippen LogP contribution is -2.44. The van der Waals surface area contributed by atoms with E-state index < -0.39 is 0 Å². The van der Waals surface area contributed by atoms with Gasteiger partial charge in [-0.25, -0.2) is 4.79 Å². The van der Waals surface area contributed by atoms with Gasteiger partial charge < -0.3 is 20.1 Å². The van der Waals surface area contributed by atoms with E-state index in [4.69, 9.17) is 9.47 Å². The van der Waals surface area contributed by atoms with Crippen LogP contribution in [0.3, 0.4) is 0 Å². The van der Waals surface area contributed by atoms with Crippen molar-refractivity contribution in [3.8, 4) is 11.5 Å². The molecule has 0 radical (unpaired) electrons. The summed E-state index contributed by atoms with van der Waals surface area (Å²) in [6.07, 6.45) is 0.0113. The Morgan fingerprint density at radius 3 is 2.54 bits per heavy atom. The molecule has 0 aromatic heterocycles. The van der Waals surface area contributed by atoms with Crippen LogP contribution in [0.5, 0.6) is 11.5 Å². The van der Waals surface area contributed by atoms with Crippen molar-refractivity contribution in [3.63, 3.8) is 0 Å². The molecule has 2 aromatic rings. The van der Waals surface area contributed by atoms with Crippen LogP contribution in [0.2, 0.25) is 0 Å². The maximum atomic E-state index is 12.1. The molecule has 136 valence electrons. The smallest absolute Gasteiger partial charge is 0.314 e. The molecule has 0 saturated heterocycles. The summed E-state index contributed by atoms with van der Waals surface area (Å²) in [4.78, 5) is 23.9. The summed E-state index contributed by atoms with van der Waals surface area (Å²) in [6.45, 7) is 2.96. The number of benzene rings is 2. The Bertz CT molecular complexity index is 774. The highest BCUT2D eigenvalue weighted by Crippen LogP contribution is 2.30. The Morgan fingerprint density at radius 2 is 1.77 bits per heavy atom. The van der Waals surface area contributed by atoms with Gasteiger partial charge in [-0.1, -0.05) is 42.0 Å². The zero-order valence-corrected chi connectivity index (χ0v) is 14.7. The maximum absolute atomic E-state index is 12.1. The van der Waals surface area contributed by atoms with Gasteiger partial charge in [0.25, 0.3) is 0 Å². The summed E-state index contributed by atoms with van der Waals surface area (Å²) in [5.74, 6) is 1.39. The van der Waals surface area contributed by atoms with E-state index in [1.54, 1.807) is 12.1 Å². The maximum Gasteiger partial charge on any atom is 0.314 e. The van der Waals surface area contributed by atoms with E-state index in [0.29, 0.717) is 30.2 Å². The summed E-state index contributed by atoms with van der Waals surface area (Å²) >= 11 is 0. The minimum Gasteiger partial charge on any atom is -0.486 e. The molecule has 1 aliphatic heterocycles. The highest BCUT2D eigenvalue weighted by Gasteiger charge is 2.20. The summed E-state index contributed by atoms with van der Waals surface area (Å²) in [5.41, 5.74) is 1.76. The largest absolute Gasteiger partial charge is 0.486 e. The molecule has 0 fully saturated rings. The number of aryl methyl sites for hydroxylation is 1. The second kappa shape index (κ2) is 8.38. The fraction of sp³-hybridized carbons (Fsp3) is 0.300. The molecule has 0 saturated carbocycles. The molecule has 1 unspecified atom stereocenters. The molecule has 6 nitrogen and oxygen atoms in total. The number of amides is 2. The van der Waals surface area contributed by atoms with Gasteiger partial charge in [-0.05, 0) is 19.1 Å². The fourth-order valence-corrected chi connectivity index (χ4v) is 2.61. The van der Waals surface area contributed by atoms with Gasteiger partial charge in [0.2, 0.25) is 0 Å². The molecule has 0 aliphatic carbocycles. The molecule has 0 bridgehead atoms. The molecule has 1 heterocycles. The van der Waals surface area contributed by atoms with Gasteiger partial charge in [-0.15, -0.1) is 0 Å². The number of para-hydroxylation sites is 2. The lowest BCUT2D eigenvalue weighted by molar-refractivity contribution is 0.0917. The van der Waals surface area contributed by atoms with Gasteiger partial charge >= 0.3 is 6.03 Å². The van der Waals surface area contributed by atoms with E-state index in [2.05, 4.69) is 10.6 Å². The number of fused-ring (bicyclic) bond motifs is 1. The third kappa shape index (κ3) is 4.75. The molecule has 6 heteroatoms. The van der Waals surface area contributed by atoms with Gasteiger partial charge in [-0.3, -0.25) is 4.79 Å². The summed E-state index contributed by atoms with van der Waals surface area (Å²) in [5, 5.41) is 5.42. The SMILES string of the molecule is Cc1ccc(C(=O)CCNC(=O)NCC2COc3ccccc3O2)cc1. The first-order valence-corrected chi connectivity index (χ1v) is 8.62. The van der Waals surface area contributed by atoms with E-state index in [1.807, 2.05) is 43.3 Å². The molecular formula is C20H22N2O4. The number of carbonyl (C=O) groups excluding carboxylic acids is 2. The van der Waals surface area contributed by atoms with E-state index >= 15 is 0 Å². The van der Waals surface area contributed by atoms with Crippen LogP contribution in [0.4, 0.5) is 4.79 Å². The number of Topliss-reactive ketones (excluding diaryl/α,β-unsaturated/α-hetero) is 1. The average Bonchev–Trinajstić information content (AvgIpc) is 2.66. The molecule has 2 aromatic carbocycles. The number of rotatable bonds is 6. The standard InChI is InChI=1S/C20H22N2O4/c1-14-6-8-15(9-7-14)17(23)10-11-21-20(24)22-12-16-13-25-18-4-2-3-5-19(18)26-16/h2-9,16H,10-13H2,1H3,(H2,21,22,24). The van der Waals surface area contributed by atoms with Crippen molar-refractivity contribution in [2.45, 2.75) is 19.4 Å². The Hall–Kier alpha value is -3.02. The van der Waals surface area contributed by atoms with Crippen molar-refractivity contribution in [3.05, 3.63) is 59.7 Å². The Morgan fingerprint density at radius 1 is 1.04 bits per heavy atom. The van der Waals surface area contributed by atoms with E-state index in [1.165, 1.54) is 0 Å². The van der Waals surface area contributed by atoms with E-state index in [9.17, 15) is 9.59 Å². The zero-order valence-electron chi connectivity index (χ0n) is 14.7. The van der Waals surface area contributed by atoms with Crippen LogP contribution in [0.15, 0.2) is 48.5 Å². The van der Waals surface area contributed by atoms with Crippen molar-refractivity contribution in [2.75, 3.05) is 19.7 Å². The van der Waals surface area contributed by atoms with Gasteiger partial charge in [0.1, 0.15) is 6.61 Å².